The van der Waals surface area contributed by atoms with E-state index >= 15 is 0 Å². The molecule has 0 saturated carbocycles. The first-order valence-electron chi connectivity index (χ1n) is 7.99. The fourth-order valence-corrected chi connectivity index (χ4v) is 2.67. The minimum atomic E-state index is -1.09. The molecule has 9 heteroatoms. The van der Waals surface area contributed by atoms with E-state index in [4.69, 9.17) is 9.15 Å². The maximum Gasteiger partial charge on any atom is 0.433 e. The van der Waals surface area contributed by atoms with Crippen LogP contribution in [0.5, 0.6) is 0 Å². The van der Waals surface area contributed by atoms with Gasteiger partial charge >= 0.3 is 11.9 Å². The van der Waals surface area contributed by atoms with Gasteiger partial charge in [-0.3, -0.25) is 19.7 Å². The van der Waals surface area contributed by atoms with Crippen molar-refractivity contribution in [1.29, 1.82) is 0 Å². The number of ketones is 2. The first-order chi connectivity index (χ1) is 12.6. The summed E-state index contributed by atoms with van der Waals surface area (Å²) in [5.74, 6) is -1.81. The molecule has 0 aliphatic carbocycles. The zero-order valence-corrected chi connectivity index (χ0v) is 15.2. The van der Waals surface area contributed by atoms with Gasteiger partial charge in [-0.25, -0.2) is 4.79 Å². The Bertz CT molecular complexity index is 949. The molecular weight excluding hydrogens is 356 g/mol. The Morgan fingerprint density at radius 1 is 1.30 bits per heavy atom. The molecule has 1 N–H and O–H groups in total. The Kier molecular flexibility index (Phi) is 5.74. The number of H-pyrrole nitrogens is 1. The third-order valence-corrected chi connectivity index (χ3v) is 3.87. The van der Waals surface area contributed by atoms with Crippen LogP contribution in [0.15, 0.2) is 22.6 Å². The van der Waals surface area contributed by atoms with Gasteiger partial charge in [0.2, 0.25) is 5.78 Å². The van der Waals surface area contributed by atoms with Crippen LogP contribution in [0.4, 0.5) is 5.88 Å². The Morgan fingerprint density at radius 3 is 2.48 bits per heavy atom. The number of aryl methyl sites for hydroxylation is 1. The highest BCUT2D eigenvalue weighted by Gasteiger charge is 2.25. The first-order valence-corrected chi connectivity index (χ1v) is 7.99. The molecule has 0 fully saturated rings. The van der Waals surface area contributed by atoms with Crippen molar-refractivity contribution in [3.05, 3.63) is 56.6 Å². The largest absolute Gasteiger partial charge is 0.451 e. The number of furan rings is 1. The Labute approximate surface area is 154 Å². The number of aromatic nitrogens is 1. The maximum atomic E-state index is 12.5. The normalized spacial score (nSPS) is 12.1. The van der Waals surface area contributed by atoms with Crippen molar-refractivity contribution >= 4 is 29.5 Å². The predicted octanol–water partition coefficient (Wildman–Crippen LogP) is 3.16. The van der Waals surface area contributed by atoms with Gasteiger partial charge in [0.25, 0.3) is 0 Å². The van der Waals surface area contributed by atoms with Crippen molar-refractivity contribution < 1.29 is 28.5 Å². The standard InChI is InChI=1S/C18H18N2O7/c1-9-16(11(3)21)10(2)19-17(9)18(23)12(4)26-15(22)8-6-13-5-7-14(27-13)20(24)25/h5-8,12,19H,1-4H3/b8-6+/t12-/m0/s1. The second-order valence-corrected chi connectivity index (χ2v) is 5.89. The molecule has 2 aromatic heterocycles. The molecule has 142 valence electrons. The molecular formula is C18H18N2O7. The minimum absolute atomic E-state index is 0.0968. The van der Waals surface area contributed by atoms with E-state index in [1.807, 2.05) is 0 Å². The summed E-state index contributed by atoms with van der Waals surface area (Å²) in [6.07, 6.45) is 1.11. The van der Waals surface area contributed by atoms with Crippen molar-refractivity contribution in [3.8, 4) is 0 Å². The maximum absolute atomic E-state index is 12.5. The second-order valence-electron chi connectivity index (χ2n) is 5.89. The van der Waals surface area contributed by atoms with Gasteiger partial charge in [-0.2, -0.15) is 0 Å². The van der Waals surface area contributed by atoms with E-state index < -0.39 is 28.7 Å². The summed E-state index contributed by atoms with van der Waals surface area (Å²) in [7, 11) is 0. The summed E-state index contributed by atoms with van der Waals surface area (Å²) in [4.78, 5) is 48.7. The van der Waals surface area contributed by atoms with E-state index in [2.05, 4.69) is 4.98 Å². The molecule has 9 nitrogen and oxygen atoms in total. The molecule has 0 amide bonds. The average Bonchev–Trinajstić information content (AvgIpc) is 3.16. The zero-order chi connectivity index (χ0) is 20.3. The SMILES string of the molecule is CC(=O)c1c(C)[nH]c(C(=O)[C@H](C)OC(=O)/C=C/c2ccc([N+](=O)[O-])o2)c1C. The van der Waals surface area contributed by atoms with Crippen LogP contribution in [-0.2, 0) is 9.53 Å². The van der Waals surface area contributed by atoms with E-state index in [0.29, 0.717) is 16.8 Å². The van der Waals surface area contributed by atoms with Crippen molar-refractivity contribution in [2.24, 2.45) is 0 Å². The van der Waals surface area contributed by atoms with Gasteiger partial charge in [-0.05, 0) is 45.4 Å². The average molecular weight is 374 g/mol. The minimum Gasteiger partial charge on any atom is -0.451 e. The number of aromatic amines is 1. The van der Waals surface area contributed by atoms with E-state index in [-0.39, 0.29) is 17.2 Å². The van der Waals surface area contributed by atoms with Crippen LogP contribution in [0.2, 0.25) is 0 Å². The van der Waals surface area contributed by atoms with Crippen LogP contribution in [0.3, 0.4) is 0 Å². The molecule has 0 saturated heterocycles. The number of hydrogen-bond donors (Lipinski definition) is 1. The number of carbonyl (C=O) groups excluding carboxylic acids is 3. The lowest BCUT2D eigenvalue weighted by atomic mass is 10.0. The lowest BCUT2D eigenvalue weighted by Gasteiger charge is -2.10. The van der Waals surface area contributed by atoms with Gasteiger partial charge in [0.1, 0.15) is 10.7 Å². The molecule has 0 aliphatic rings. The van der Waals surface area contributed by atoms with Gasteiger partial charge in [-0.15, -0.1) is 0 Å². The number of Topliss-reactive ketones (excluding diaryl/α,β-unsaturated/α-hetero) is 2. The lowest BCUT2D eigenvalue weighted by molar-refractivity contribution is -0.402. The van der Waals surface area contributed by atoms with Crippen LogP contribution in [0.25, 0.3) is 6.08 Å². The number of esters is 1. The number of carbonyl (C=O) groups is 3. The van der Waals surface area contributed by atoms with E-state index in [9.17, 15) is 24.5 Å². The van der Waals surface area contributed by atoms with Gasteiger partial charge < -0.3 is 14.1 Å². The summed E-state index contributed by atoms with van der Waals surface area (Å²) < 4.78 is 9.93. The highest BCUT2D eigenvalue weighted by molar-refractivity contribution is 6.05. The molecule has 2 aromatic rings. The summed E-state index contributed by atoms with van der Waals surface area (Å²) in [6.45, 7) is 6.15. The van der Waals surface area contributed by atoms with E-state index in [1.165, 1.54) is 26.0 Å². The number of nitrogens with one attached hydrogen (secondary N) is 1. The third kappa shape index (κ3) is 4.38. The van der Waals surface area contributed by atoms with Gasteiger partial charge in [0.05, 0.1) is 11.8 Å². The highest BCUT2D eigenvalue weighted by atomic mass is 16.6. The molecule has 0 aromatic carbocycles. The van der Waals surface area contributed by atoms with Crippen molar-refractivity contribution in [3.63, 3.8) is 0 Å². The van der Waals surface area contributed by atoms with Gasteiger partial charge in [0, 0.05) is 17.3 Å². The smallest absolute Gasteiger partial charge is 0.433 e. The molecule has 2 heterocycles. The lowest BCUT2D eigenvalue weighted by Crippen LogP contribution is -2.24. The van der Waals surface area contributed by atoms with Gasteiger partial charge in [0.15, 0.2) is 11.9 Å². The van der Waals surface area contributed by atoms with Crippen molar-refractivity contribution in [2.45, 2.75) is 33.8 Å². The van der Waals surface area contributed by atoms with Crippen LogP contribution in [-0.4, -0.2) is 33.5 Å². The quantitative estimate of drug-likeness (QED) is 0.259. The van der Waals surface area contributed by atoms with Crippen LogP contribution in [0, 0.1) is 24.0 Å². The monoisotopic (exact) mass is 374 g/mol. The molecule has 0 aliphatic heterocycles. The second kappa shape index (κ2) is 7.81. The fourth-order valence-electron chi connectivity index (χ4n) is 2.67. The molecule has 27 heavy (non-hydrogen) atoms. The summed E-state index contributed by atoms with van der Waals surface area (Å²) >= 11 is 0. The predicted molar refractivity (Wildman–Crippen MR) is 94.6 cm³/mol. The zero-order valence-electron chi connectivity index (χ0n) is 15.2. The fraction of sp³-hybridized carbons (Fsp3) is 0.278. The molecule has 0 spiro atoms. The van der Waals surface area contributed by atoms with E-state index in [0.717, 1.165) is 12.1 Å². The summed E-state index contributed by atoms with van der Waals surface area (Å²) in [5, 5.41) is 10.5. The van der Waals surface area contributed by atoms with Crippen molar-refractivity contribution in [1.82, 2.24) is 4.98 Å². The Morgan fingerprint density at radius 2 is 1.96 bits per heavy atom. The molecule has 1 atom stereocenters. The third-order valence-electron chi connectivity index (χ3n) is 3.87. The molecule has 0 bridgehead atoms. The number of hydrogen-bond acceptors (Lipinski definition) is 7. The number of nitro groups is 1. The first kappa shape index (κ1) is 19.8. The molecule has 2 rings (SSSR count). The van der Waals surface area contributed by atoms with Crippen LogP contribution < -0.4 is 0 Å². The summed E-state index contributed by atoms with van der Waals surface area (Å²) in [5.41, 5.74) is 1.73. The number of ether oxygens (including phenoxy) is 1. The van der Waals surface area contributed by atoms with Gasteiger partial charge in [-0.1, -0.05) is 0 Å². The van der Waals surface area contributed by atoms with E-state index in [1.54, 1.807) is 13.8 Å². The topological polar surface area (TPSA) is 133 Å². The Balaban J connectivity index is 2.06. The number of rotatable bonds is 7. The highest BCUT2D eigenvalue weighted by Crippen LogP contribution is 2.21. The Hall–Kier alpha value is -3.49. The van der Waals surface area contributed by atoms with Crippen molar-refractivity contribution in [2.75, 3.05) is 0 Å². The van der Waals surface area contributed by atoms with Crippen LogP contribution >= 0.6 is 0 Å². The molecule has 0 unspecified atom stereocenters. The summed E-state index contributed by atoms with van der Waals surface area (Å²) in [6, 6.07) is 2.48. The number of nitrogens with zero attached hydrogens (tertiary/aromatic N) is 1. The van der Waals surface area contributed by atoms with Crippen LogP contribution in [0.1, 0.15) is 51.7 Å². The molecule has 0 radical (unpaired) electrons.